The number of ether oxygens (including phenoxy) is 1. The van der Waals surface area contributed by atoms with Gasteiger partial charge in [0.25, 0.3) is 0 Å². The normalized spacial score (nSPS) is 12.4. The molecule has 0 saturated carbocycles. The molecule has 0 unspecified atom stereocenters. The molecule has 1 atom stereocenters. The maximum atomic E-state index is 13.6. The van der Waals surface area contributed by atoms with E-state index in [9.17, 15) is 18.0 Å². The Hall–Kier alpha value is -0.980. The van der Waals surface area contributed by atoms with Gasteiger partial charge in [-0.25, -0.2) is 13.2 Å². The van der Waals surface area contributed by atoms with Crippen LogP contribution in [0.15, 0.2) is 0 Å². The molecule has 0 spiro atoms. The van der Waals surface area contributed by atoms with Crippen LogP contribution in [0.3, 0.4) is 0 Å². The lowest BCUT2D eigenvalue weighted by atomic mass is 10.0. The van der Waals surface area contributed by atoms with E-state index in [4.69, 9.17) is 28.9 Å². The van der Waals surface area contributed by atoms with Crippen molar-refractivity contribution in [3.05, 3.63) is 33.1 Å². The van der Waals surface area contributed by atoms with E-state index in [-0.39, 0.29) is 0 Å². The number of rotatable bonds is 3. The zero-order chi connectivity index (χ0) is 14.0. The minimum absolute atomic E-state index is 0.552. The van der Waals surface area contributed by atoms with Crippen LogP contribution in [-0.2, 0) is 16.0 Å². The fourth-order valence-corrected chi connectivity index (χ4v) is 1.75. The molecule has 2 N–H and O–H groups in total. The summed E-state index contributed by atoms with van der Waals surface area (Å²) in [7, 11) is 1.07. The molecule has 0 fully saturated rings. The molecule has 18 heavy (non-hydrogen) atoms. The van der Waals surface area contributed by atoms with Gasteiger partial charge in [0.1, 0.15) is 16.1 Å². The van der Waals surface area contributed by atoms with Crippen molar-refractivity contribution in [3.8, 4) is 0 Å². The predicted octanol–water partition coefficient (Wildman–Crippen LogP) is 2.45. The summed E-state index contributed by atoms with van der Waals surface area (Å²) in [5, 5.41) is -1.90. The van der Waals surface area contributed by atoms with Crippen molar-refractivity contribution >= 4 is 29.2 Å². The van der Waals surface area contributed by atoms with Crippen molar-refractivity contribution in [2.75, 3.05) is 7.11 Å². The summed E-state index contributed by atoms with van der Waals surface area (Å²) in [6.07, 6.45) is -0.552. The van der Waals surface area contributed by atoms with Crippen LogP contribution in [0.4, 0.5) is 13.2 Å². The van der Waals surface area contributed by atoms with Crippen LogP contribution in [0.5, 0.6) is 0 Å². The van der Waals surface area contributed by atoms with Gasteiger partial charge in [0.05, 0.1) is 7.11 Å². The number of hydrogen-bond donors (Lipinski definition) is 1. The Morgan fingerprint density at radius 2 is 1.67 bits per heavy atom. The summed E-state index contributed by atoms with van der Waals surface area (Å²) < 4.78 is 44.5. The van der Waals surface area contributed by atoms with Gasteiger partial charge in [-0.05, 0) is 0 Å². The van der Waals surface area contributed by atoms with E-state index < -0.39 is 51.5 Å². The summed E-state index contributed by atoms with van der Waals surface area (Å²) >= 11 is 10.6. The number of halogens is 5. The number of nitrogens with two attached hydrogens (primary N) is 1. The second-order valence-electron chi connectivity index (χ2n) is 3.38. The molecule has 0 radical (unpaired) electrons. The van der Waals surface area contributed by atoms with Crippen LogP contribution >= 0.6 is 23.2 Å². The van der Waals surface area contributed by atoms with E-state index in [0.717, 1.165) is 7.11 Å². The highest BCUT2D eigenvalue weighted by Crippen LogP contribution is 2.32. The molecule has 100 valence electrons. The molecule has 0 aliphatic carbocycles. The Balaban J connectivity index is 3.22. The molecule has 3 nitrogen and oxygen atoms in total. The molecule has 0 aliphatic rings. The van der Waals surface area contributed by atoms with Crippen molar-refractivity contribution in [1.82, 2.24) is 0 Å². The first-order chi connectivity index (χ1) is 8.31. The second kappa shape index (κ2) is 5.77. The molecule has 0 saturated heterocycles. The first kappa shape index (κ1) is 15.1. The highest BCUT2D eigenvalue weighted by atomic mass is 35.5. The Morgan fingerprint density at radius 1 is 1.22 bits per heavy atom. The van der Waals surface area contributed by atoms with Crippen LogP contribution in [0.2, 0.25) is 10.0 Å². The quantitative estimate of drug-likeness (QED) is 0.530. The molecule has 0 aromatic heterocycles. The Labute approximate surface area is 111 Å². The van der Waals surface area contributed by atoms with Crippen LogP contribution in [0, 0.1) is 17.5 Å². The van der Waals surface area contributed by atoms with E-state index in [0.29, 0.717) is 0 Å². The summed E-state index contributed by atoms with van der Waals surface area (Å²) in [4.78, 5) is 11.0. The minimum Gasteiger partial charge on any atom is -0.468 e. The van der Waals surface area contributed by atoms with Crippen molar-refractivity contribution in [1.29, 1.82) is 0 Å². The molecular formula is C10H8Cl2F3NO2. The third kappa shape index (κ3) is 2.71. The highest BCUT2D eigenvalue weighted by molar-refractivity contribution is 6.35. The summed E-state index contributed by atoms with van der Waals surface area (Å²) in [5.74, 6) is -4.94. The first-order valence-electron chi connectivity index (χ1n) is 4.65. The van der Waals surface area contributed by atoms with Crippen molar-refractivity contribution in [3.63, 3.8) is 0 Å². The van der Waals surface area contributed by atoms with Gasteiger partial charge >= 0.3 is 5.97 Å². The lowest BCUT2D eigenvalue weighted by Crippen LogP contribution is -2.34. The average Bonchev–Trinajstić information content (AvgIpc) is 2.37. The van der Waals surface area contributed by atoms with Gasteiger partial charge in [0, 0.05) is 12.0 Å². The topological polar surface area (TPSA) is 52.3 Å². The molecule has 0 bridgehead atoms. The van der Waals surface area contributed by atoms with Gasteiger partial charge in [-0.2, -0.15) is 0 Å². The zero-order valence-electron chi connectivity index (χ0n) is 9.07. The SMILES string of the molecule is COC(=O)[C@H](N)Cc1c(F)c(Cl)c(F)c(Cl)c1F. The van der Waals surface area contributed by atoms with Gasteiger partial charge in [0.15, 0.2) is 17.5 Å². The fourth-order valence-electron chi connectivity index (χ4n) is 1.28. The van der Waals surface area contributed by atoms with Gasteiger partial charge < -0.3 is 10.5 Å². The molecule has 1 aromatic carbocycles. The molecule has 8 heteroatoms. The maximum Gasteiger partial charge on any atom is 0.322 e. The number of esters is 1. The number of hydrogen-bond acceptors (Lipinski definition) is 3. The Kier molecular flexibility index (Phi) is 4.84. The third-order valence-corrected chi connectivity index (χ3v) is 2.89. The second-order valence-corrected chi connectivity index (χ2v) is 4.14. The number of carbonyl (C=O) groups is 1. The van der Waals surface area contributed by atoms with E-state index in [1.807, 2.05) is 0 Å². The monoisotopic (exact) mass is 301 g/mol. The lowest BCUT2D eigenvalue weighted by Gasteiger charge is -2.13. The van der Waals surface area contributed by atoms with Crippen molar-refractivity contribution in [2.45, 2.75) is 12.5 Å². The maximum absolute atomic E-state index is 13.6. The Bertz CT molecular complexity index is 467. The molecule has 1 rings (SSSR count). The van der Waals surface area contributed by atoms with E-state index in [1.165, 1.54) is 0 Å². The molecular weight excluding hydrogens is 294 g/mol. The summed E-state index contributed by atoms with van der Waals surface area (Å²) in [6, 6.07) is -1.31. The van der Waals surface area contributed by atoms with Gasteiger partial charge in [-0.15, -0.1) is 0 Å². The number of carbonyl (C=O) groups excluding carboxylic acids is 1. The van der Waals surface area contributed by atoms with Crippen LogP contribution < -0.4 is 5.73 Å². The number of benzene rings is 1. The van der Waals surface area contributed by atoms with Crippen LogP contribution in [0.1, 0.15) is 5.56 Å². The molecule has 1 aromatic rings. The summed E-state index contributed by atoms with van der Waals surface area (Å²) in [5.41, 5.74) is 4.69. The molecule has 0 heterocycles. The van der Waals surface area contributed by atoms with Crippen LogP contribution in [0.25, 0.3) is 0 Å². The Morgan fingerprint density at radius 3 is 2.06 bits per heavy atom. The van der Waals surface area contributed by atoms with E-state index in [1.54, 1.807) is 0 Å². The fraction of sp³-hybridized carbons (Fsp3) is 0.300. The summed E-state index contributed by atoms with van der Waals surface area (Å²) in [6.45, 7) is 0. The first-order valence-corrected chi connectivity index (χ1v) is 5.40. The third-order valence-electron chi connectivity index (χ3n) is 2.23. The van der Waals surface area contributed by atoms with E-state index in [2.05, 4.69) is 4.74 Å². The van der Waals surface area contributed by atoms with Gasteiger partial charge in [-0.1, -0.05) is 23.2 Å². The largest absolute Gasteiger partial charge is 0.468 e. The lowest BCUT2D eigenvalue weighted by molar-refractivity contribution is -0.142. The van der Waals surface area contributed by atoms with Crippen molar-refractivity contribution in [2.24, 2.45) is 5.73 Å². The predicted molar refractivity (Wildman–Crippen MR) is 60.0 cm³/mol. The number of methoxy groups -OCH3 is 1. The van der Waals surface area contributed by atoms with Crippen molar-refractivity contribution < 1.29 is 22.7 Å². The average molecular weight is 302 g/mol. The standard InChI is InChI=1S/C10H8Cl2F3NO2/c1-18-10(17)4(16)2-3-7(13)5(11)9(15)6(12)8(3)14/h4H,2,16H2,1H3/t4-/m1/s1. The van der Waals surface area contributed by atoms with E-state index >= 15 is 0 Å². The molecule has 0 amide bonds. The van der Waals surface area contributed by atoms with Gasteiger partial charge in [-0.3, -0.25) is 4.79 Å². The van der Waals surface area contributed by atoms with Crippen LogP contribution in [-0.4, -0.2) is 19.1 Å². The zero-order valence-corrected chi connectivity index (χ0v) is 10.6. The molecule has 0 aliphatic heterocycles. The minimum atomic E-state index is -1.40. The van der Waals surface area contributed by atoms with Gasteiger partial charge in [0.2, 0.25) is 0 Å². The smallest absolute Gasteiger partial charge is 0.322 e. The highest BCUT2D eigenvalue weighted by Gasteiger charge is 2.26.